The van der Waals surface area contributed by atoms with Gasteiger partial charge in [0.25, 0.3) is 0 Å². The zero-order valence-electron chi connectivity index (χ0n) is 23.6. The van der Waals surface area contributed by atoms with Gasteiger partial charge in [-0.15, -0.1) is 0 Å². The number of pyridine rings is 2. The lowest BCUT2D eigenvalue weighted by Gasteiger charge is -2.08. The Morgan fingerprint density at radius 1 is 0.378 bits per heavy atom. The molecule has 9 rings (SSSR count). The summed E-state index contributed by atoms with van der Waals surface area (Å²) in [4.78, 5) is 22.6. The van der Waals surface area contributed by atoms with Crippen molar-refractivity contribution in [2.75, 3.05) is 0 Å². The summed E-state index contributed by atoms with van der Waals surface area (Å²) in [7, 11) is 0. The Kier molecular flexibility index (Phi) is 5.64. The van der Waals surface area contributed by atoms with Crippen LogP contribution < -0.4 is 0 Å². The molecule has 212 valence electrons. The van der Waals surface area contributed by atoms with Gasteiger partial charge in [-0.2, -0.15) is 9.97 Å². The molecule has 8 nitrogen and oxygen atoms in total. The Morgan fingerprint density at radius 3 is 1.49 bits per heavy atom. The van der Waals surface area contributed by atoms with Gasteiger partial charge in [0, 0.05) is 34.6 Å². The van der Waals surface area contributed by atoms with E-state index >= 15 is 0 Å². The third-order valence-corrected chi connectivity index (χ3v) is 7.75. The number of benzene rings is 4. The highest BCUT2D eigenvalue weighted by Gasteiger charge is 2.17. The fourth-order valence-electron chi connectivity index (χ4n) is 5.50. The van der Waals surface area contributed by atoms with Gasteiger partial charge >= 0.3 is 0 Å². The predicted octanol–water partition coefficient (Wildman–Crippen LogP) is 9.24. The first kappa shape index (κ1) is 25.1. The van der Waals surface area contributed by atoms with Crippen molar-refractivity contribution in [3.05, 3.63) is 128 Å². The number of rotatable bonds is 5. The molecule has 0 radical (unpaired) electrons. The van der Waals surface area contributed by atoms with E-state index < -0.39 is 0 Å². The molecule has 0 atom stereocenters. The molecule has 0 bridgehead atoms. The maximum Gasteiger partial charge on any atom is 0.228 e. The molecule has 5 heterocycles. The second-order valence-corrected chi connectivity index (χ2v) is 10.6. The lowest BCUT2D eigenvalue weighted by molar-refractivity contribution is 0.619. The Hall–Kier alpha value is -6.41. The maximum atomic E-state index is 6.36. The van der Waals surface area contributed by atoms with Gasteiger partial charge in [0.1, 0.15) is 5.52 Å². The molecule has 45 heavy (non-hydrogen) atoms. The van der Waals surface area contributed by atoms with Crippen LogP contribution in [0.5, 0.6) is 0 Å². The molecular formula is C37H21N5O3. The molecule has 0 fully saturated rings. The first-order valence-corrected chi connectivity index (χ1v) is 14.4. The van der Waals surface area contributed by atoms with Crippen LogP contribution >= 0.6 is 0 Å². The van der Waals surface area contributed by atoms with Crippen molar-refractivity contribution in [1.82, 2.24) is 24.9 Å². The highest BCUT2D eigenvalue weighted by molar-refractivity contribution is 5.96. The molecule has 4 aromatic carbocycles. The second-order valence-electron chi connectivity index (χ2n) is 10.6. The minimum atomic E-state index is 0.525. The predicted molar refractivity (Wildman–Crippen MR) is 172 cm³/mol. The van der Waals surface area contributed by atoms with E-state index in [0.717, 1.165) is 44.5 Å². The molecule has 0 aliphatic carbocycles. The van der Waals surface area contributed by atoms with Gasteiger partial charge in [0.05, 0.1) is 0 Å². The Bertz CT molecular complexity index is 2410. The van der Waals surface area contributed by atoms with E-state index in [1.165, 1.54) is 0 Å². The van der Waals surface area contributed by atoms with E-state index in [0.29, 0.717) is 45.7 Å². The van der Waals surface area contributed by atoms with Crippen LogP contribution in [-0.4, -0.2) is 24.9 Å². The molecule has 0 amide bonds. The molecule has 0 saturated heterocycles. The van der Waals surface area contributed by atoms with Crippen molar-refractivity contribution in [2.24, 2.45) is 0 Å². The van der Waals surface area contributed by atoms with E-state index in [2.05, 4.69) is 50.3 Å². The Labute approximate surface area is 255 Å². The summed E-state index contributed by atoms with van der Waals surface area (Å²) in [6, 6.07) is 37.7. The third kappa shape index (κ3) is 4.44. The van der Waals surface area contributed by atoms with Crippen molar-refractivity contribution in [3.8, 4) is 56.6 Å². The molecule has 9 aromatic rings. The summed E-state index contributed by atoms with van der Waals surface area (Å²) in [5, 5.41) is 0. The fraction of sp³-hybridized carbons (Fsp3) is 0. The van der Waals surface area contributed by atoms with Gasteiger partial charge in [-0.3, -0.25) is 0 Å². The average molecular weight is 584 g/mol. The molecule has 0 unspecified atom stereocenters. The largest absolute Gasteiger partial charge is 0.436 e. The SMILES string of the molecule is c1ccc(-c2nc3c(-c4ccc(-c5nc6ncccc6o5)cc4)cc(-c4ccc(-c5nc6ncccc6o5)cc4)cc3o2)cc1. The number of fused-ring (bicyclic) bond motifs is 3. The number of hydrogen-bond donors (Lipinski definition) is 0. The standard InChI is InChI=1S/C37H21N5O3/c1-2-6-24(7-3-1)35-40-32-28(23-12-16-26(17-13-23)37-42-34-30(44-37)9-5-19-39-34)20-27(21-31(32)45-35)22-10-14-25(15-11-22)36-41-33-29(43-36)8-4-18-38-33/h1-21H. The number of aromatic nitrogens is 5. The van der Waals surface area contributed by atoms with Crippen LogP contribution in [0.15, 0.2) is 141 Å². The summed E-state index contributed by atoms with van der Waals surface area (Å²) in [6.45, 7) is 0. The average Bonchev–Trinajstić information content (AvgIpc) is 3.85. The lowest BCUT2D eigenvalue weighted by Crippen LogP contribution is -1.86. The normalized spacial score (nSPS) is 11.6. The van der Waals surface area contributed by atoms with Crippen LogP contribution in [0.3, 0.4) is 0 Å². The zero-order valence-corrected chi connectivity index (χ0v) is 23.6. The van der Waals surface area contributed by atoms with Crippen LogP contribution in [0.2, 0.25) is 0 Å². The fourth-order valence-corrected chi connectivity index (χ4v) is 5.50. The summed E-state index contributed by atoms with van der Waals surface area (Å²) in [5.41, 5.74) is 10.6. The van der Waals surface area contributed by atoms with Crippen molar-refractivity contribution in [2.45, 2.75) is 0 Å². The smallest absolute Gasteiger partial charge is 0.228 e. The van der Waals surface area contributed by atoms with E-state index in [1.54, 1.807) is 12.4 Å². The van der Waals surface area contributed by atoms with Crippen molar-refractivity contribution in [1.29, 1.82) is 0 Å². The third-order valence-electron chi connectivity index (χ3n) is 7.75. The summed E-state index contributed by atoms with van der Waals surface area (Å²) in [6.07, 6.45) is 3.41. The molecule has 0 saturated carbocycles. The van der Waals surface area contributed by atoms with Crippen molar-refractivity contribution < 1.29 is 13.3 Å². The summed E-state index contributed by atoms with van der Waals surface area (Å²) < 4.78 is 18.2. The van der Waals surface area contributed by atoms with E-state index in [1.807, 2.05) is 84.9 Å². The Balaban J connectivity index is 1.14. The molecule has 8 heteroatoms. The molecule has 0 aliphatic rings. The molecule has 0 N–H and O–H groups in total. The highest BCUT2D eigenvalue weighted by atomic mass is 16.4. The van der Waals surface area contributed by atoms with Gasteiger partial charge in [0.15, 0.2) is 28.0 Å². The molecule has 0 aliphatic heterocycles. The quantitative estimate of drug-likeness (QED) is 0.197. The van der Waals surface area contributed by atoms with Gasteiger partial charge in [-0.25, -0.2) is 15.0 Å². The van der Waals surface area contributed by atoms with Crippen LogP contribution in [0.1, 0.15) is 0 Å². The van der Waals surface area contributed by atoms with Gasteiger partial charge < -0.3 is 13.3 Å². The molecule has 5 aromatic heterocycles. The summed E-state index contributed by atoms with van der Waals surface area (Å²) >= 11 is 0. The minimum absolute atomic E-state index is 0.525. The summed E-state index contributed by atoms with van der Waals surface area (Å²) in [5.74, 6) is 1.63. The highest BCUT2D eigenvalue weighted by Crippen LogP contribution is 2.38. The van der Waals surface area contributed by atoms with Crippen molar-refractivity contribution >= 4 is 33.6 Å². The van der Waals surface area contributed by atoms with Gasteiger partial charge in [-0.05, 0) is 89.5 Å². The minimum Gasteiger partial charge on any atom is -0.436 e. The van der Waals surface area contributed by atoms with Crippen LogP contribution in [-0.2, 0) is 0 Å². The molecular weight excluding hydrogens is 562 g/mol. The van der Waals surface area contributed by atoms with Crippen molar-refractivity contribution in [3.63, 3.8) is 0 Å². The number of oxazole rings is 3. The van der Waals surface area contributed by atoms with E-state index in [4.69, 9.17) is 18.2 Å². The first-order chi connectivity index (χ1) is 22.2. The first-order valence-electron chi connectivity index (χ1n) is 14.4. The lowest BCUT2D eigenvalue weighted by atomic mass is 9.96. The van der Waals surface area contributed by atoms with Gasteiger partial charge in [-0.1, -0.05) is 42.5 Å². The number of nitrogens with zero attached hydrogens (tertiary/aromatic N) is 5. The zero-order chi connectivity index (χ0) is 29.7. The Morgan fingerprint density at radius 2 is 0.889 bits per heavy atom. The molecule has 0 spiro atoms. The van der Waals surface area contributed by atoms with Crippen LogP contribution in [0, 0.1) is 0 Å². The number of hydrogen-bond acceptors (Lipinski definition) is 8. The topological polar surface area (TPSA) is 104 Å². The monoisotopic (exact) mass is 583 g/mol. The van der Waals surface area contributed by atoms with Crippen LogP contribution in [0.4, 0.5) is 0 Å². The van der Waals surface area contributed by atoms with Crippen LogP contribution in [0.25, 0.3) is 90.2 Å². The maximum absolute atomic E-state index is 6.36. The second kappa shape index (κ2) is 10.1. The van der Waals surface area contributed by atoms with Gasteiger partial charge in [0.2, 0.25) is 17.7 Å². The van der Waals surface area contributed by atoms with E-state index in [9.17, 15) is 0 Å². The van der Waals surface area contributed by atoms with E-state index in [-0.39, 0.29) is 0 Å².